The lowest BCUT2D eigenvalue weighted by molar-refractivity contribution is -0.146. The third kappa shape index (κ3) is 3.82. The topological polar surface area (TPSA) is 59.9 Å². The van der Waals surface area contributed by atoms with Gasteiger partial charge < -0.3 is 9.47 Å². The molecule has 4 aliphatic carbocycles. The first-order valence-corrected chi connectivity index (χ1v) is 11.3. The molecular formula is C26H30N2O3. The molecule has 6 rings (SSSR count). The van der Waals surface area contributed by atoms with E-state index in [0.29, 0.717) is 0 Å². The molecule has 31 heavy (non-hydrogen) atoms. The van der Waals surface area contributed by atoms with Gasteiger partial charge in [0, 0.05) is 11.1 Å². The summed E-state index contributed by atoms with van der Waals surface area (Å²) in [6.45, 7) is 0. The highest BCUT2D eigenvalue weighted by Gasteiger charge is 2.54. The van der Waals surface area contributed by atoms with Crippen molar-refractivity contribution in [3.63, 3.8) is 0 Å². The molecule has 162 valence electrons. The fraction of sp³-hybridized carbons (Fsp3) is 0.462. The summed E-state index contributed by atoms with van der Waals surface area (Å²) >= 11 is 0. The predicted octanol–water partition coefficient (Wildman–Crippen LogP) is 4.79. The fourth-order valence-electron chi connectivity index (χ4n) is 6.41. The minimum absolute atomic E-state index is 0.103. The molecule has 0 atom stereocenters. The first-order valence-electron chi connectivity index (χ1n) is 11.3. The molecule has 0 aliphatic heterocycles. The molecule has 4 aliphatic rings. The molecule has 4 fully saturated rings. The van der Waals surface area contributed by atoms with Crippen molar-refractivity contribution in [2.45, 2.75) is 38.5 Å². The van der Waals surface area contributed by atoms with Gasteiger partial charge in [-0.15, -0.1) is 0 Å². The Bertz CT molecular complexity index is 894. The Morgan fingerprint density at radius 1 is 0.806 bits per heavy atom. The number of hydrogen-bond donors (Lipinski definition) is 1. The molecule has 4 bridgehead atoms. The molecule has 1 amide bonds. The first-order chi connectivity index (χ1) is 15.1. The Morgan fingerprint density at radius 3 is 1.61 bits per heavy atom. The minimum Gasteiger partial charge on any atom is -0.497 e. The van der Waals surface area contributed by atoms with E-state index in [0.717, 1.165) is 65.4 Å². The normalized spacial score (nSPS) is 28.1. The lowest BCUT2D eigenvalue weighted by atomic mass is 9.49. The van der Waals surface area contributed by atoms with E-state index in [1.807, 2.05) is 48.5 Å². The van der Waals surface area contributed by atoms with E-state index >= 15 is 0 Å². The summed E-state index contributed by atoms with van der Waals surface area (Å²) in [5, 5.41) is 4.67. The smallest absolute Gasteiger partial charge is 0.246 e. The molecule has 0 spiro atoms. The monoisotopic (exact) mass is 418 g/mol. The van der Waals surface area contributed by atoms with Crippen LogP contribution >= 0.6 is 0 Å². The molecule has 0 aromatic heterocycles. The van der Waals surface area contributed by atoms with E-state index in [1.165, 1.54) is 19.3 Å². The molecule has 1 N–H and O–H groups in total. The largest absolute Gasteiger partial charge is 0.497 e. The number of carbonyl (C=O) groups is 1. The van der Waals surface area contributed by atoms with E-state index in [2.05, 4.69) is 10.5 Å². The van der Waals surface area contributed by atoms with Gasteiger partial charge in [-0.1, -0.05) is 0 Å². The molecule has 2 aromatic carbocycles. The van der Waals surface area contributed by atoms with Crippen LogP contribution in [0, 0.1) is 23.2 Å². The zero-order chi connectivity index (χ0) is 21.4. The SMILES string of the molecule is COc1ccc(C(=NNC(=O)C23CC4CC(CC(C4)C2)C3)c2ccc(OC)cc2)cc1. The van der Waals surface area contributed by atoms with Crippen molar-refractivity contribution in [2.75, 3.05) is 14.2 Å². The summed E-state index contributed by atoms with van der Waals surface area (Å²) in [7, 11) is 3.30. The van der Waals surface area contributed by atoms with Crippen LogP contribution in [0.4, 0.5) is 0 Å². The van der Waals surface area contributed by atoms with Gasteiger partial charge >= 0.3 is 0 Å². The summed E-state index contributed by atoms with van der Waals surface area (Å²) in [5.74, 6) is 3.85. The van der Waals surface area contributed by atoms with Gasteiger partial charge in [-0.2, -0.15) is 5.10 Å². The summed E-state index contributed by atoms with van der Waals surface area (Å²) < 4.78 is 10.6. The summed E-state index contributed by atoms with van der Waals surface area (Å²) in [6.07, 6.45) is 7.04. The molecule has 0 unspecified atom stereocenters. The minimum atomic E-state index is -0.219. The molecule has 2 aromatic rings. The van der Waals surface area contributed by atoms with Gasteiger partial charge in [0.2, 0.25) is 5.91 Å². The van der Waals surface area contributed by atoms with Gasteiger partial charge in [-0.25, -0.2) is 5.43 Å². The average molecular weight is 419 g/mol. The summed E-state index contributed by atoms with van der Waals surface area (Å²) in [5.41, 5.74) is 5.36. The highest BCUT2D eigenvalue weighted by atomic mass is 16.5. The third-order valence-corrected chi connectivity index (χ3v) is 7.52. The van der Waals surface area contributed by atoms with Gasteiger partial charge in [0.1, 0.15) is 11.5 Å². The highest BCUT2D eigenvalue weighted by Crippen LogP contribution is 2.60. The summed E-state index contributed by atoms with van der Waals surface area (Å²) in [4.78, 5) is 13.4. The molecule has 0 radical (unpaired) electrons. The van der Waals surface area contributed by atoms with E-state index in [4.69, 9.17) is 9.47 Å². The van der Waals surface area contributed by atoms with Gasteiger partial charge in [-0.3, -0.25) is 4.79 Å². The molecular weight excluding hydrogens is 388 g/mol. The third-order valence-electron chi connectivity index (χ3n) is 7.52. The highest BCUT2D eigenvalue weighted by molar-refractivity contribution is 6.13. The molecule has 5 heteroatoms. The Labute approximate surface area is 183 Å². The quantitative estimate of drug-likeness (QED) is 0.542. The van der Waals surface area contributed by atoms with Crippen LogP contribution in [0.25, 0.3) is 0 Å². The Balaban J connectivity index is 1.43. The number of methoxy groups -OCH3 is 2. The van der Waals surface area contributed by atoms with Crippen molar-refractivity contribution in [1.29, 1.82) is 0 Å². The molecule has 5 nitrogen and oxygen atoms in total. The number of rotatable bonds is 6. The van der Waals surface area contributed by atoms with Crippen molar-refractivity contribution in [1.82, 2.24) is 5.43 Å². The number of nitrogens with zero attached hydrogens (tertiary/aromatic N) is 1. The number of amides is 1. The number of ether oxygens (including phenoxy) is 2. The molecule has 0 heterocycles. The number of carbonyl (C=O) groups excluding carboxylic acids is 1. The lowest BCUT2D eigenvalue weighted by Crippen LogP contribution is -2.52. The van der Waals surface area contributed by atoms with Crippen LogP contribution in [0.2, 0.25) is 0 Å². The Morgan fingerprint density at radius 2 is 1.23 bits per heavy atom. The maximum atomic E-state index is 13.4. The number of hydrogen-bond acceptors (Lipinski definition) is 4. The van der Waals surface area contributed by atoms with Crippen LogP contribution in [0.1, 0.15) is 49.7 Å². The second kappa shape index (κ2) is 8.03. The van der Waals surface area contributed by atoms with Gasteiger partial charge in [0.15, 0.2) is 0 Å². The number of hydrazone groups is 1. The van der Waals surface area contributed by atoms with Crippen LogP contribution in [-0.2, 0) is 4.79 Å². The average Bonchev–Trinajstić information content (AvgIpc) is 2.79. The standard InChI is InChI=1S/C26H30N2O3/c1-30-22-7-3-20(4-8-22)24(21-5-9-23(31-2)10-6-21)27-28-25(29)26-14-17-11-18(15-26)13-19(12-17)16-26/h3-10,17-19H,11-16H2,1-2H3,(H,28,29). The Kier molecular flexibility index (Phi) is 5.20. The van der Waals surface area contributed by atoms with Crippen LogP contribution in [0.5, 0.6) is 11.5 Å². The van der Waals surface area contributed by atoms with Gasteiger partial charge in [0.25, 0.3) is 0 Å². The predicted molar refractivity (Wildman–Crippen MR) is 120 cm³/mol. The van der Waals surface area contributed by atoms with Crippen LogP contribution in [-0.4, -0.2) is 25.8 Å². The van der Waals surface area contributed by atoms with Crippen molar-refractivity contribution in [3.05, 3.63) is 59.7 Å². The zero-order valence-corrected chi connectivity index (χ0v) is 18.3. The van der Waals surface area contributed by atoms with Gasteiger partial charge in [-0.05, 0) is 105 Å². The van der Waals surface area contributed by atoms with E-state index in [9.17, 15) is 4.79 Å². The van der Waals surface area contributed by atoms with E-state index in [1.54, 1.807) is 14.2 Å². The fourth-order valence-corrected chi connectivity index (χ4v) is 6.41. The Hall–Kier alpha value is -2.82. The second-order valence-corrected chi connectivity index (χ2v) is 9.56. The van der Waals surface area contributed by atoms with Crippen LogP contribution in [0.15, 0.2) is 53.6 Å². The molecule has 0 saturated heterocycles. The number of benzene rings is 2. The zero-order valence-electron chi connectivity index (χ0n) is 18.3. The molecule has 4 saturated carbocycles. The van der Waals surface area contributed by atoms with Gasteiger partial charge in [0.05, 0.1) is 25.3 Å². The maximum absolute atomic E-state index is 13.4. The van der Waals surface area contributed by atoms with E-state index in [-0.39, 0.29) is 11.3 Å². The maximum Gasteiger partial charge on any atom is 0.246 e. The van der Waals surface area contributed by atoms with Crippen molar-refractivity contribution in [2.24, 2.45) is 28.3 Å². The van der Waals surface area contributed by atoms with Crippen molar-refractivity contribution >= 4 is 11.6 Å². The van der Waals surface area contributed by atoms with Crippen molar-refractivity contribution in [3.8, 4) is 11.5 Å². The summed E-state index contributed by atoms with van der Waals surface area (Å²) in [6, 6.07) is 15.5. The second-order valence-electron chi connectivity index (χ2n) is 9.56. The van der Waals surface area contributed by atoms with Crippen LogP contribution < -0.4 is 14.9 Å². The van der Waals surface area contributed by atoms with Crippen molar-refractivity contribution < 1.29 is 14.3 Å². The van der Waals surface area contributed by atoms with Crippen LogP contribution in [0.3, 0.4) is 0 Å². The lowest BCUT2D eigenvalue weighted by Gasteiger charge is -2.55. The first kappa shape index (κ1) is 20.1. The van der Waals surface area contributed by atoms with E-state index < -0.39 is 0 Å². The number of nitrogens with one attached hydrogen (secondary N) is 1.